The summed E-state index contributed by atoms with van der Waals surface area (Å²) in [5, 5.41) is 0. The largest absolute Gasteiger partial charge is 0.493 e. The summed E-state index contributed by atoms with van der Waals surface area (Å²) in [6, 6.07) is 10.2. The van der Waals surface area contributed by atoms with Crippen LogP contribution in [0.1, 0.15) is 44.9 Å². The van der Waals surface area contributed by atoms with Crippen LogP contribution in [0.5, 0.6) is 17.2 Å². The van der Waals surface area contributed by atoms with E-state index in [1.807, 2.05) is 38.1 Å². The Bertz CT molecular complexity index is 1590. The Kier molecular flexibility index (Phi) is 8.42. The molecule has 8 nitrogen and oxygen atoms in total. The molecule has 0 saturated heterocycles. The molecule has 1 aliphatic rings. The van der Waals surface area contributed by atoms with Crippen molar-refractivity contribution >= 4 is 39.3 Å². The number of nitrogens with zero attached hydrogens (tertiary/aromatic N) is 2. The maximum atomic E-state index is 14.0. The predicted octanol–water partition coefficient (Wildman–Crippen LogP) is 4.37. The average molecular weight is 602 g/mol. The highest BCUT2D eigenvalue weighted by atomic mass is 79.9. The number of allylic oxidation sites excluding steroid dienone is 1. The van der Waals surface area contributed by atoms with Gasteiger partial charge in [0.1, 0.15) is 11.8 Å². The first-order valence-electron chi connectivity index (χ1n) is 12.1. The van der Waals surface area contributed by atoms with Crippen LogP contribution >= 0.6 is 27.3 Å². The first kappa shape index (κ1) is 27.7. The van der Waals surface area contributed by atoms with Crippen LogP contribution in [0.25, 0.3) is 6.08 Å². The molecule has 0 saturated carbocycles. The number of para-hydroxylation sites is 1. The molecule has 0 spiro atoms. The minimum absolute atomic E-state index is 0.106. The van der Waals surface area contributed by atoms with Crippen LogP contribution in [0, 0.1) is 0 Å². The predicted molar refractivity (Wildman–Crippen MR) is 150 cm³/mol. The Morgan fingerprint density at radius 1 is 1.16 bits per heavy atom. The van der Waals surface area contributed by atoms with E-state index >= 15 is 0 Å². The Balaban J connectivity index is 1.98. The first-order valence-corrected chi connectivity index (χ1v) is 13.7. The summed E-state index contributed by atoms with van der Waals surface area (Å²) in [4.78, 5) is 32.3. The van der Waals surface area contributed by atoms with Crippen molar-refractivity contribution in [2.45, 2.75) is 39.8 Å². The molecule has 0 radical (unpaired) electrons. The maximum Gasteiger partial charge on any atom is 0.338 e. The summed E-state index contributed by atoms with van der Waals surface area (Å²) < 4.78 is 25.0. The second-order valence-electron chi connectivity index (χ2n) is 8.74. The summed E-state index contributed by atoms with van der Waals surface area (Å²) >= 11 is 4.81. The number of halogens is 1. The molecule has 2 aromatic carbocycles. The molecule has 0 amide bonds. The quantitative estimate of drug-likeness (QED) is 0.357. The Labute approximate surface area is 233 Å². The smallest absolute Gasteiger partial charge is 0.338 e. The average Bonchev–Trinajstić information content (AvgIpc) is 3.18. The molecule has 0 fully saturated rings. The third kappa shape index (κ3) is 5.28. The van der Waals surface area contributed by atoms with Gasteiger partial charge in [0.15, 0.2) is 16.3 Å². The molecule has 0 bridgehead atoms. The van der Waals surface area contributed by atoms with E-state index in [2.05, 4.69) is 20.9 Å². The third-order valence-electron chi connectivity index (χ3n) is 5.88. The number of ether oxygens (including phenoxy) is 4. The molecule has 2 heterocycles. The highest BCUT2D eigenvalue weighted by molar-refractivity contribution is 9.10. The Morgan fingerprint density at radius 2 is 1.84 bits per heavy atom. The highest BCUT2D eigenvalue weighted by Gasteiger charge is 2.35. The molecule has 1 aliphatic heterocycles. The van der Waals surface area contributed by atoms with Gasteiger partial charge < -0.3 is 18.9 Å². The molecule has 10 heteroatoms. The number of rotatable bonds is 8. The van der Waals surface area contributed by atoms with Gasteiger partial charge in [0.25, 0.3) is 5.56 Å². The number of fused-ring (bicyclic) bond motifs is 1. The van der Waals surface area contributed by atoms with Gasteiger partial charge >= 0.3 is 5.97 Å². The van der Waals surface area contributed by atoms with Crippen LogP contribution < -0.4 is 29.1 Å². The topological polar surface area (TPSA) is 88.4 Å². The van der Waals surface area contributed by atoms with Gasteiger partial charge in [0.05, 0.1) is 42.7 Å². The number of carbonyl (C=O) groups excluding carboxylic acids is 1. The molecule has 38 heavy (non-hydrogen) atoms. The van der Waals surface area contributed by atoms with Crippen molar-refractivity contribution in [1.82, 2.24) is 4.57 Å². The number of methoxy groups -OCH3 is 2. The van der Waals surface area contributed by atoms with Gasteiger partial charge in [-0.2, -0.15) is 0 Å². The molecule has 0 aliphatic carbocycles. The standard InChI is InChI=1S/C28H29BrN2O6S/c1-7-36-27(33)24-16(4)30-28-31(25(24)18-10-8-9-11-20(18)37-15(2)3)26(32)23(38-28)13-17-12-21(34-5)22(35-6)14-19(17)29/h8-15,25H,7H2,1-6H3/b23-13+/t25-/m0/s1. The molecule has 0 unspecified atom stereocenters. The summed E-state index contributed by atoms with van der Waals surface area (Å²) in [7, 11) is 3.12. The third-order valence-corrected chi connectivity index (χ3v) is 7.55. The van der Waals surface area contributed by atoms with E-state index in [1.165, 1.54) is 11.3 Å². The summed E-state index contributed by atoms with van der Waals surface area (Å²) in [6.07, 6.45) is 1.66. The van der Waals surface area contributed by atoms with Gasteiger partial charge in [-0.15, -0.1) is 0 Å². The fourth-order valence-corrected chi connectivity index (χ4v) is 5.75. The molecule has 3 aromatic rings. The van der Waals surface area contributed by atoms with Crippen molar-refractivity contribution in [3.05, 3.63) is 83.0 Å². The molecule has 4 rings (SSSR count). The number of benzene rings is 2. The zero-order valence-corrected chi connectivity index (χ0v) is 24.4. The monoisotopic (exact) mass is 600 g/mol. The Morgan fingerprint density at radius 3 is 2.50 bits per heavy atom. The van der Waals surface area contributed by atoms with Crippen LogP contribution in [-0.2, 0) is 9.53 Å². The van der Waals surface area contributed by atoms with Crippen molar-refractivity contribution in [3.8, 4) is 17.2 Å². The van der Waals surface area contributed by atoms with Gasteiger partial charge in [0.2, 0.25) is 0 Å². The van der Waals surface area contributed by atoms with Crippen molar-refractivity contribution in [3.63, 3.8) is 0 Å². The van der Waals surface area contributed by atoms with E-state index in [4.69, 9.17) is 18.9 Å². The molecular formula is C28H29BrN2O6S. The summed E-state index contributed by atoms with van der Waals surface area (Å²) in [5.74, 6) is 1.17. The lowest BCUT2D eigenvalue weighted by atomic mass is 9.95. The fourth-order valence-electron chi connectivity index (χ4n) is 4.28. The number of esters is 1. The van der Waals surface area contributed by atoms with Gasteiger partial charge in [-0.25, -0.2) is 9.79 Å². The van der Waals surface area contributed by atoms with E-state index in [1.54, 1.807) is 50.8 Å². The number of thiazole rings is 1. The maximum absolute atomic E-state index is 14.0. The van der Waals surface area contributed by atoms with Crippen molar-refractivity contribution < 1.29 is 23.7 Å². The summed E-state index contributed by atoms with van der Waals surface area (Å²) in [5.41, 5.74) is 1.92. The van der Waals surface area contributed by atoms with E-state index in [0.29, 0.717) is 43.4 Å². The van der Waals surface area contributed by atoms with Crippen LogP contribution in [0.4, 0.5) is 0 Å². The van der Waals surface area contributed by atoms with Crippen LogP contribution in [-0.4, -0.2) is 37.5 Å². The van der Waals surface area contributed by atoms with Crippen LogP contribution in [0.2, 0.25) is 0 Å². The van der Waals surface area contributed by atoms with Crippen LogP contribution in [0.3, 0.4) is 0 Å². The fraction of sp³-hybridized carbons (Fsp3) is 0.321. The van der Waals surface area contributed by atoms with Crippen molar-refractivity contribution in [1.29, 1.82) is 0 Å². The lowest BCUT2D eigenvalue weighted by Crippen LogP contribution is -2.40. The van der Waals surface area contributed by atoms with Crippen molar-refractivity contribution in [2.75, 3.05) is 20.8 Å². The van der Waals surface area contributed by atoms with Crippen molar-refractivity contribution in [2.24, 2.45) is 4.99 Å². The highest BCUT2D eigenvalue weighted by Crippen LogP contribution is 2.36. The summed E-state index contributed by atoms with van der Waals surface area (Å²) in [6.45, 7) is 7.55. The number of hydrogen-bond acceptors (Lipinski definition) is 8. The SMILES string of the molecule is CCOC(=O)C1=C(C)N=c2s/c(=C/c3cc(OC)c(OC)cc3Br)c(=O)n2[C@H]1c1ccccc1OC(C)C. The van der Waals surface area contributed by atoms with Gasteiger partial charge in [-0.05, 0) is 57.5 Å². The first-order chi connectivity index (χ1) is 18.2. The normalized spacial score (nSPS) is 15.3. The van der Waals surface area contributed by atoms with E-state index in [-0.39, 0.29) is 18.3 Å². The molecule has 1 aromatic heterocycles. The number of carbonyl (C=O) groups is 1. The van der Waals surface area contributed by atoms with Gasteiger partial charge in [-0.3, -0.25) is 9.36 Å². The number of hydrogen-bond donors (Lipinski definition) is 0. The van der Waals surface area contributed by atoms with Gasteiger partial charge in [0, 0.05) is 10.0 Å². The zero-order valence-electron chi connectivity index (χ0n) is 22.0. The Hall–Kier alpha value is -3.37. The minimum atomic E-state index is -0.767. The molecule has 1 atom stereocenters. The minimum Gasteiger partial charge on any atom is -0.493 e. The molecule has 200 valence electrons. The lowest BCUT2D eigenvalue weighted by molar-refractivity contribution is -0.139. The van der Waals surface area contributed by atoms with Crippen LogP contribution in [0.15, 0.2) is 61.9 Å². The molecular weight excluding hydrogens is 572 g/mol. The second kappa shape index (κ2) is 11.6. The second-order valence-corrected chi connectivity index (χ2v) is 10.6. The van der Waals surface area contributed by atoms with E-state index in [9.17, 15) is 9.59 Å². The zero-order chi connectivity index (χ0) is 27.6. The molecule has 0 N–H and O–H groups in total. The lowest BCUT2D eigenvalue weighted by Gasteiger charge is -2.26. The van der Waals surface area contributed by atoms with Gasteiger partial charge in [-0.1, -0.05) is 45.5 Å². The van der Waals surface area contributed by atoms with E-state index in [0.717, 1.165) is 10.0 Å². The van der Waals surface area contributed by atoms with E-state index < -0.39 is 12.0 Å². The number of aromatic nitrogens is 1.